The summed E-state index contributed by atoms with van der Waals surface area (Å²) in [4.78, 5) is 23.0. The van der Waals surface area contributed by atoms with Crippen LogP contribution >= 0.6 is 7.82 Å². The lowest BCUT2D eigenvalue weighted by Gasteiger charge is -2.25. The molecule has 0 fully saturated rings. The molecule has 0 aromatic carbocycles. The van der Waals surface area contributed by atoms with Crippen molar-refractivity contribution in [2.24, 2.45) is 0 Å². The van der Waals surface area contributed by atoms with E-state index in [-0.39, 0.29) is 19.1 Å². The van der Waals surface area contributed by atoms with Crippen molar-refractivity contribution in [3.8, 4) is 0 Å². The van der Waals surface area contributed by atoms with Crippen LogP contribution in [0.1, 0.15) is 142 Å². The van der Waals surface area contributed by atoms with Gasteiger partial charge in [-0.05, 0) is 77.0 Å². The van der Waals surface area contributed by atoms with E-state index < -0.39 is 20.0 Å². The van der Waals surface area contributed by atoms with Gasteiger partial charge in [-0.2, -0.15) is 0 Å². The highest BCUT2D eigenvalue weighted by Gasteiger charge is 2.27. The first-order chi connectivity index (χ1) is 26.0. The molecule has 0 aliphatic carbocycles. The van der Waals surface area contributed by atoms with Gasteiger partial charge in [0.25, 0.3) is 0 Å². The predicted molar refractivity (Wildman–Crippen MR) is 230 cm³/mol. The number of carbonyl (C=O) groups excluding carboxylic acids is 1. The molecule has 0 aliphatic rings. The molecule has 0 saturated carbocycles. The number of allylic oxidation sites excluding steroid dienone is 13. The van der Waals surface area contributed by atoms with Gasteiger partial charge in [0.1, 0.15) is 13.2 Å². The fourth-order valence-electron chi connectivity index (χ4n) is 5.25. The van der Waals surface area contributed by atoms with Crippen molar-refractivity contribution in [2.45, 2.75) is 154 Å². The molecule has 0 rings (SSSR count). The molecular formula is C45H80N2O6P+. The van der Waals surface area contributed by atoms with Gasteiger partial charge in [0.15, 0.2) is 0 Å². The van der Waals surface area contributed by atoms with Crippen molar-refractivity contribution >= 4 is 13.7 Å². The Balaban J connectivity index is 4.44. The lowest BCUT2D eigenvalue weighted by molar-refractivity contribution is -0.870. The zero-order valence-corrected chi connectivity index (χ0v) is 35.8. The number of quaternary nitrogens is 1. The molecule has 0 saturated heterocycles. The second-order valence-corrected chi connectivity index (χ2v) is 16.4. The van der Waals surface area contributed by atoms with Gasteiger partial charge in [-0.15, -0.1) is 0 Å². The van der Waals surface area contributed by atoms with Crippen LogP contribution in [-0.4, -0.2) is 73.4 Å². The Bertz CT molecular complexity index is 1150. The smallest absolute Gasteiger partial charge is 0.387 e. The number of carbonyl (C=O) groups is 1. The number of nitrogens with zero attached hydrogens (tertiary/aromatic N) is 1. The molecule has 0 aromatic heterocycles. The van der Waals surface area contributed by atoms with Crippen LogP contribution in [0.15, 0.2) is 85.1 Å². The lowest BCUT2D eigenvalue weighted by Crippen LogP contribution is -2.45. The third-order valence-electron chi connectivity index (χ3n) is 8.56. The third kappa shape index (κ3) is 38.0. The van der Waals surface area contributed by atoms with E-state index in [1.807, 2.05) is 27.2 Å². The summed E-state index contributed by atoms with van der Waals surface area (Å²) >= 11 is 0. The van der Waals surface area contributed by atoms with E-state index in [2.05, 4.69) is 92.1 Å². The number of phosphoric ester groups is 1. The zero-order valence-electron chi connectivity index (χ0n) is 34.9. The average Bonchev–Trinajstić information content (AvgIpc) is 3.12. The first-order valence-electron chi connectivity index (χ1n) is 21.0. The molecule has 0 aromatic rings. The highest BCUT2D eigenvalue weighted by Crippen LogP contribution is 2.43. The Morgan fingerprint density at radius 3 is 1.69 bits per heavy atom. The van der Waals surface area contributed by atoms with E-state index in [0.29, 0.717) is 17.4 Å². The van der Waals surface area contributed by atoms with Crippen LogP contribution in [0.3, 0.4) is 0 Å². The van der Waals surface area contributed by atoms with Crippen molar-refractivity contribution in [1.29, 1.82) is 0 Å². The summed E-state index contributed by atoms with van der Waals surface area (Å²) < 4.78 is 23.5. The maximum atomic E-state index is 12.8. The van der Waals surface area contributed by atoms with Gasteiger partial charge in [-0.25, -0.2) is 4.57 Å². The monoisotopic (exact) mass is 776 g/mol. The predicted octanol–water partition coefficient (Wildman–Crippen LogP) is 11.4. The first-order valence-corrected chi connectivity index (χ1v) is 22.5. The van der Waals surface area contributed by atoms with Gasteiger partial charge in [-0.1, -0.05) is 144 Å². The molecule has 3 N–H and O–H groups in total. The summed E-state index contributed by atoms with van der Waals surface area (Å²) in [5.41, 5.74) is 0. The van der Waals surface area contributed by atoms with Crippen LogP contribution in [0.2, 0.25) is 0 Å². The second-order valence-electron chi connectivity index (χ2n) is 15.0. The van der Waals surface area contributed by atoms with Gasteiger partial charge < -0.3 is 19.8 Å². The Hall–Kier alpha value is -2.32. The SMILES string of the molecule is CC/C=C\C/C=C\C/C=C\C/C=C\CCCCCCCCCCC(=O)NC(COP(=O)(O)OCC[N+](C)(C)C)C(O)/C=C/CC/C=C/CC/C=C/CCC. The Morgan fingerprint density at radius 1 is 0.648 bits per heavy atom. The van der Waals surface area contributed by atoms with Gasteiger partial charge in [0.05, 0.1) is 39.9 Å². The van der Waals surface area contributed by atoms with E-state index in [4.69, 9.17) is 9.05 Å². The van der Waals surface area contributed by atoms with Crippen LogP contribution in [0.4, 0.5) is 0 Å². The number of hydrogen-bond donors (Lipinski definition) is 3. The van der Waals surface area contributed by atoms with Crippen molar-refractivity contribution in [3.63, 3.8) is 0 Å². The quantitative estimate of drug-likeness (QED) is 0.0253. The fourth-order valence-corrected chi connectivity index (χ4v) is 5.98. The average molecular weight is 776 g/mol. The maximum Gasteiger partial charge on any atom is 0.472 e. The number of unbranched alkanes of at least 4 members (excludes halogenated alkanes) is 11. The van der Waals surface area contributed by atoms with E-state index in [9.17, 15) is 19.4 Å². The standard InChI is InChI=1S/C45H79N2O6P/c1-6-8-10-12-14-16-18-19-20-21-22-23-24-25-26-27-29-31-33-35-37-39-45(49)46-43(42-53-54(50,51)52-41-40-47(3,4)5)44(48)38-36-34-32-30-28-17-15-13-11-9-7-2/h8,10-11,13-14,16,19-20,22-23,28,30,36,38,43-44,48H,6-7,9,12,15,17-18,21,24-27,29,31-35,37,39-42H2,1-5H3,(H-,46,49,50,51)/p+1/b10-8-,13-11+,16-14-,20-19-,23-22-,30-28+,38-36+. The van der Waals surface area contributed by atoms with Crippen molar-refractivity contribution in [1.82, 2.24) is 5.32 Å². The van der Waals surface area contributed by atoms with E-state index >= 15 is 0 Å². The van der Waals surface area contributed by atoms with Gasteiger partial charge >= 0.3 is 7.82 Å². The molecule has 3 atom stereocenters. The number of hydrogen-bond acceptors (Lipinski definition) is 5. The van der Waals surface area contributed by atoms with Crippen LogP contribution in [0.25, 0.3) is 0 Å². The zero-order chi connectivity index (χ0) is 40.0. The summed E-state index contributed by atoms with van der Waals surface area (Å²) in [6.07, 6.45) is 49.4. The second kappa shape index (κ2) is 36.3. The Kier molecular flexibility index (Phi) is 34.8. The summed E-state index contributed by atoms with van der Waals surface area (Å²) in [5.74, 6) is -0.207. The number of aliphatic hydroxyl groups is 1. The summed E-state index contributed by atoms with van der Waals surface area (Å²) in [6.45, 7) is 4.55. The van der Waals surface area contributed by atoms with Crippen LogP contribution in [0.5, 0.6) is 0 Å². The molecule has 0 heterocycles. The van der Waals surface area contributed by atoms with E-state index in [1.54, 1.807) is 6.08 Å². The topological polar surface area (TPSA) is 105 Å². The number of phosphoric acid groups is 1. The van der Waals surface area contributed by atoms with Crippen molar-refractivity contribution in [3.05, 3.63) is 85.1 Å². The number of aliphatic hydroxyl groups excluding tert-OH is 1. The fraction of sp³-hybridized carbons (Fsp3) is 0.667. The number of nitrogens with one attached hydrogen (secondary N) is 1. The number of rotatable bonds is 36. The molecule has 8 nitrogen and oxygen atoms in total. The van der Waals surface area contributed by atoms with Crippen LogP contribution in [-0.2, 0) is 18.4 Å². The minimum atomic E-state index is -4.35. The molecule has 1 amide bonds. The molecule has 310 valence electrons. The summed E-state index contributed by atoms with van der Waals surface area (Å²) in [6, 6.07) is -0.877. The molecule has 9 heteroatoms. The summed E-state index contributed by atoms with van der Waals surface area (Å²) in [7, 11) is 1.52. The van der Waals surface area contributed by atoms with Gasteiger partial charge in [0, 0.05) is 6.42 Å². The Morgan fingerprint density at radius 2 is 1.13 bits per heavy atom. The normalized spacial score (nSPS) is 15.3. The lowest BCUT2D eigenvalue weighted by atomic mass is 10.1. The molecule has 0 spiro atoms. The van der Waals surface area contributed by atoms with Crippen molar-refractivity contribution < 1.29 is 32.9 Å². The minimum absolute atomic E-state index is 0.0470. The van der Waals surface area contributed by atoms with Gasteiger partial charge in [-0.3, -0.25) is 13.8 Å². The van der Waals surface area contributed by atoms with Crippen LogP contribution in [0, 0.1) is 0 Å². The minimum Gasteiger partial charge on any atom is -0.387 e. The molecule has 54 heavy (non-hydrogen) atoms. The molecule has 3 unspecified atom stereocenters. The van der Waals surface area contributed by atoms with Crippen LogP contribution < -0.4 is 5.32 Å². The highest BCUT2D eigenvalue weighted by atomic mass is 31.2. The van der Waals surface area contributed by atoms with Crippen molar-refractivity contribution in [2.75, 3.05) is 40.9 Å². The largest absolute Gasteiger partial charge is 0.472 e. The molecule has 0 aliphatic heterocycles. The molecular weight excluding hydrogens is 695 g/mol. The number of likely N-dealkylation sites (N-methyl/N-ethyl adjacent to an activating group) is 1. The number of amides is 1. The molecule has 0 radical (unpaired) electrons. The van der Waals surface area contributed by atoms with E-state index in [1.165, 1.54) is 32.1 Å². The highest BCUT2D eigenvalue weighted by molar-refractivity contribution is 7.47. The third-order valence-corrected chi connectivity index (χ3v) is 9.54. The van der Waals surface area contributed by atoms with Gasteiger partial charge in [0.2, 0.25) is 5.91 Å². The summed E-state index contributed by atoms with van der Waals surface area (Å²) in [5, 5.41) is 13.7. The van der Waals surface area contributed by atoms with E-state index in [0.717, 1.165) is 89.9 Å². The first kappa shape index (κ1) is 51.7. The Labute approximate surface area is 331 Å². The maximum absolute atomic E-state index is 12.8. The molecule has 0 bridgehead atoms.